The molecule has 0 spiro atoms. The van der Waals surface area contributed by atoms with Crippen LogP contribution in [0.5, 0.6) is 0 Å². The molecule has 10 heavy (non-hydrogen) atoms. The van der Waals surface area contributed by atoms with E-state index in [4.69, 9.17) is 0 Å². The zero-order chi connectivity index (χ0) is 7.98. The molecule has 0 atom stereocenters. The van der Waals surface area contributed by atoms with E-state index in [1.807, 2.05) is 6.20 Å². The van der Waals surface area contributed by atoms with E-state index >= 15 is 0 Å². The second-order valence-electron chi connectivity index (χ2n) is 2.08. The first-order valence-corrected chi connectivity index (χ1v) is 3.94. The largest absolute Gasteiger partial charge is 0.314 e. The third kappa shape index (κ3) is 2.40. The minimum Gasteiger partial charge on any atom is -0.314 e. The minimum absolute atomic E-state index is 1.01. The van der Waals surface area contributed by atoms with E-state index in [0.29, 0.717) is 0 Å². The zero-order valence-electron chi connectivity index (χ0n) is 7.30. The van der Waals surface area contributed by atoms with E-state index < -0.39 is 0 Å². The molecule has 2 nitrogen and oxygen atoms in total. The molecule has 0 aromatic rings. The topological polar surface area (TPSA) is 6.48 Å². The molecule has 0 aliphatic heterocycles. The highest BCUT2D eigenvalue weighted by Crippen LogP contribution is 1.95. The predicted molar refractivity (Wildman–Crippen MR) is 45.5 cm³/mol. The van der Waals surface area contributed by atoms with Gasteiger partial charge in [0.1, 0.15) is 0 Å². The molecule has 2 heteroatoms. The van der Waals surface area contributed by atoms with Gasteiger partial charge < -0.3 is 5.01 Å². The Morgan fingerprint density at radius 3 is 1.70 bits per heavy atom. The van der Waals surface area contributed by atoms with Gasteiger partial charge in [-0.2, -0.15) is 0 Å². The average Bonchev–Trinajstić information content (AvgIpc) is 2.00. The van der Waals surface area contributed by atoms with Gasteiger partial charge in [-0.1, -0.05) is 20.4 Å². The van der Waals surface area contributed by atoms with E-state index in [1.54, 1.807) is 0 Å². The van der Waals surface area contributed by atoms with Gasteiger partial charge in [0.15, 0.2) is 0 Å². The first-order chi connectivity index (χ1) is 4.79. The Bertz CT molecular complexity index is 87.3. The summed E-state index contributed by atoms with van der Waals surface area (Å²) in [6, 6.07) is 0. The summed E-state index contributed by atoms with van der Waals surface area (Å²) in [5.74, 6) is 0. The van der Waals surface area contributed by atoms with Gasteiger partial charge in [0.2, 0.25) is 0 Å². The quantitative estimate of drug-likeness (QED) is 0.539. The van der Waals surface area contributed by atoms with Gasteiger partial charge in [0.25, 0.3) is 0 Å². The number of hydrogen-bond donors (Lipinski definition) is 0. The summed E-state index contributed by atoms with van der Waals surface area (Å²) < 4.78 is 0. The highest BCUT2D eigenvalue weighted by atomic mass is 15.6. The van der Waals surface area contributed by atoms with Crippen molar-refractivity contribution < 1.29 is 0 Å². The fraction of sp³-hybridized carbons (Fsp3) is 0.750. The maximum atomic E-state index is 3.73. The van der Waals surface area contributed by atoms with Crippen molar-refractivity contribution in [2.24, 2.45) is 0 Å². The second-order valence-corrected chi connectivity index (χ2v) is 2.08. The van der Waals surface area contributed by atoms with Crippen LogP contribution in [0.1, 0.15) is 20.8 Å². The first-order valence-electron chi connectivity index (χ1n) is 3.94. The third-order valence-electron chi connectivity index (χ3n) is 1.63. The maximum Gasteiger partial charge on any atom is 0.0311 e. The molecule has 0 unspecified atom stereocenters. The number of hydrazine groups is 1. The molecule has 0 rings (SSSR count). The molecule has 0 heterocycles. The van der Waals surface area contributed by atoms with E-state index in [-0.39, 0.29) is 0 Å². The van der Waals surface area contributed by atoms with E-state index in [1.165, 1.54) is 0 Å². The van der Waals surface area contributed by atoms with Crippen LogP contribution in [0.3, 0.4) is 0 Å². The minimum atomic E-state index is 1.01. The normalized spacial score (nSPS) is 10.0. The molecule has 0 aromatic carbocycles. The van der Waals surface area contributed by atoms with Crippen LogP contribution in [-0.4, -0.2) is 29.7 Å². The average molecular weight is 142 g/mol. The van der Waals surface area contributed by atoms with Gasteiger partial charge in [0.05, 0.1) is 0 Å². The van der Waals surface area contributed by atoms with E-state index in [0.717, 1.165) is 19.6 Å². The first kappa shape index (κ1) is 9.50. The lowest BCUT2D eigenvalue weighted by Crippen LogP contribution is -2.38. The Hall–Kier alpha value is -0.500. The molecular weight excluding hydrogens is 124 g/mol. The summed E-state index contributed by atoms with van der Waals surface area (Å²) in [5, 5.41) is 4.37. The lowest BCUT2D eigenvalue weighted by atomic mass is 10.6. The summed E-state index contributed by atoms with van der Waals surface area (Å²) in [6.07, 6.45) is 1.87. The van der Waals surface area contributed by atoms with Crippen LogP contribution < -0.4 is 0 Å². The van der Waals surface area contributed by atoms with Crippen molar-refractivity contribution >= 4 is 0 Å². The molecule has 0 aliphatic carbocycles. The summed E-state index contributed by atoms with van der Waals surface area (Å²) in [4.78, 5) is 0. The van der Waals surface area contributed by atoms with Crippen LogP contribution >= 0.6 is 0 Å². The summed E-state index contributed by atoms with van der Waals surface area (Å²) in [5.41, 5.74) is 0. The maximum absolute atomic E-state index is 3.73. The Balaban J connectivity index is 3.81. The van der Waals surface area contributed by atoms with Gasteiger partial charge >= 0.3 is 0 Å². The van der Waals surface area contributed by atoms with Crippen molar-refractivity contribution in [2.45, 2.75) is 20.8 Å². The molecule has 0 aliphatic rings. The van der Waals surface area contributed by atoms with Crippen LogP contribution in [-0.2, 0) is 0 Å². The van der Waals surface area contributed by atoms with Gasteiger partial charge in [-0.3, -0.25) is 0 Å². The Kier molecular flexibility index (Phi) is 5.03. The third-order valence-corrected chi connectivity index (χ3v) is 1.63. The van der Waals surface area contributed by atoms with Crippen molar-refractivity contribution in [2.75, 3.05) is 19.6 Å². The molecule has 60 valence electrons. The van der Waals surface area contributed by atoms with Crippen LogP contribution in [0.4, 0.5) is 0 Å². The molecule has 0 N–H and O–H groups in total. The highest BCUT2D eigenvalue weighted by Gasteiger charge is 2.02. The number of hydrogen-bond acceptors (Lipinski definition) is 2. The summed E-state index contributed by atoms with van der Waals surface area (Å²) in [6.45, 7) is 13.3. The Morgan fingerprint density at radius 2 is 1.60 bits per heavy atom. The monoisotopic (exact) mass is 142 g/mol. The van der Waals surface area contributed by atoms with Gasteiger partial charge in [0, 0.05) is 25.8 Å². The molecule has 0 amide bonds. The Morgan fingerprint density at radius 1 is 1.10 bits per heavy atom. The lowest BCUT2D eigenvalue weighted by Gasteiger charge is -2.30. The fourth-order valence-electron chi connectivity index (χ4n) is 1.03. The standard InChI is InChI=1S/C8H18N2/c1-5-9(6-2)10(7-3)8-4/h5H,1,6-8H2,2-4H3. The van der Waals surface area contributed by atoms with Crippen LogP contribution in [0.15, 0.2) is 12.8 Å². The smallest absolute Gasteiger partial charge is 0.0311 e. The number of rotatable bonds is 5. The van der Waals surface area contributed by atoms with Crippen LogP contribution in [0, 0.1) is 0 Å². The molecule has 0 saturated heterocycles. The van der Waals surface area contributed by atoms with E-state index in [9.17, 15) is 0 Å². The molecular formula is C8H18N2. The summed E-state index contributed by atoms with van der Waals surface area (Å²) in [7, 11) is 0. The zero-order valence-corrected chi connectivity index (χ0v) is 7.30. The van der Waals surface area contributed by atoms with Crippen molar-refractivity contribution in [3.8, 4) is 0 Å². The van der Waals surface area contributed by atoms with Gasteiger partial charge in [-0.25, -0.2) is 5.01 Å². The molecule has 0 fully saturated rings. The van der Waals surface area contributed by atoms with Crippen molar-refractivity contribution in [3.63, 3.8) is 0 Å². The van der Waals surface area contributed by atoms with Crippen molar-refractivity contribution in [1.82, 2.24) is 10.0 Å². The Labute approximate surface area is 64.1 Å². The second kappa shape index (κ2) is 5.30. The molecule has 0 bridgehead atoms. The molecule has 0 aromatic heterocycles. The van der Waals surface area contributed by atoms with Crippen molar-refractivity contribution in [1.29, 1.82) is 0 Å². The highest BCUT2D eigenvalue weighted by molar-refractivity contribution is 4.66. The van der Waals surface area contributed by atoms with Crippen LogP contribution in [0.25, 0.3) is 0 Å². The summed E-state index contributed by atoms with van der Waals surface area (Å²) >= 11 is 0. The molecule has 0 radical (unpaired) electrons. The van der Waals surface area contributed by atoms with Gasteiger partial charge in [-0.05, 0) is 6.92 Å². The lowest BCUT2D eigenvalue weighted by molar-refractivity contribution is 0.0385. The molecule has 0 saturated carbocycles. The SMILES string of the molecule is C=CN(CC)N(CC)CC. The van der Waals surface area contributed by atoms with Gasteiger partial charge in [-0.15, -0.1) is 0 Å². The fourth-order valence-corrected chi connectivity index (χ4v) is 1.03. The van der Waals surface area contributed by atoms with Crippen molar-refractivity contribution in [3.05, 3.63) is 12.8 Å². The number of nitrogens with zero attached hydrogens (tertiary/aromatic N) is 2. The van der Waals surface area contributed by atoms with Crippen LogP contribution in [0.2, 0.25) is 0 Å². The predicted octanol–water partition coefficient (Wildman–Crippen LogP) is 1.71. The van der Waals surface area contributed by atoms with E-state index in [2.05, 4.69) is 37.4 Å².